The highest BCUT2D eigenvalue weighted by atomic mass is 19.1. The Kier molecular flexibility index (Phi) is 3.63. The molecule has 3 rings (SSSR count). The van der Waals surface area contributed by atoms with Crippen molar-refractivity contribution in [1.82, 2.24) is 9.88 Å². The smallest absolute Gasteiger partial charge is 0.270 e. The molecular formula is C17H15FN2O2. The standard InChI is InChI=1S/C17H15FN2O2/c1-11(21)13-8-16(19-9-13)17(22)20-7-6-12(10-20)14-4-2-3-5-15(14)18/h2-6,8-9,19H,7,10H2,1H3. The minimum atomic E-state index is -0.290. The van der Waals surface area contributed by atoms with E-state index < -0.39 is 0 Å². The molecule has 2 heterocycles. The first-order valence-corrected chi connectivity index (χ1v) is 6.99. The second kappa shape index (κ2) is 5.60. The molecule has 112 valence electrons. The van der Waals surface area contributed by atoms with Gasteiger partial charge < -0.3 is 9.88 Å². The number of aromatic nitrogens is 1. The van der Waals surface area contributed by atoms with Crippen molar-refractivity contribution in [2.24, 2.45) is 0 Å². The Morgan fingerprint density at radius 1 is 1.27 bits per heavy atom. The average Bonchev–Trinajstić information content (AvgIpc) is 3.17. The third kappa shape index (κ3) is 2.57. The van der Waals surface area contributed by atoms with Crippen molar-refractivity contribution in [3.8, 4) is 0 Å². The van der Waals surface area contributed by atoms with E-state index in [4.69, 9.17) is 0 Å². The highest BCUT2D eigenvalue weighted by Crippen LogP contribution is 2.24. The number of nitrogens with zero attached hydrogens (tertiary/aromatic N) is 1. The molecule has 0 saturated carbocycles. The van der Waals surface area contributed by atoms with Crippen LogP contribution in [0.1, 0.15) is 33.3 Å². The van der Waals surface area contributed by atoms with Crippen LogP contribution in [-0.4, -0.2) is 34.7 Å². The summed E-state index contributed by atoms with van der Waals surface area (Å²) in [5.74, 6) is -0.584. The number of rotatable bonds is 3. The van der Waals surface area contributed by atoms with Crippen LogP contribution in [0.2, 0.25) is 0 Å². The molecule has 0 aliphatic carbocycles. The summed E-state index contributed by atoms with van der Waals surface area (Å²) >= 11 is 0. The molecule has 1 aromatic heterocycles. The van der Waals surface area contributed by atoms with Crippen LogP contribution < -0.4 is 0 Å². The van der Waals surface area contributed by atoms with Crippen LogP contribution in [-0.2, 0) is 0 Å². The van der Waals surface area contributed by atoms with Gasteiger partial charge in [-0.2, -0.15) is 0 Å². The second-order valence-corrected chi connectivity index (χ2v) is 5.25. The van der Waals surface area contributed by atoms with Gasteiger partial charge in [-0.3, -0.25) is 9.59 Å². The number of Topliss-reactive ketones (excluding diaryl/α,β-unsaturated/α-hetero) is 1. The lowest BCUT2D eigenvalue weighted by Crippen LogP contribution is -2.29. The number of hydrogen-bond acceptors (Lipinski definition) is 2. The summed E-state index contributed by atoms with van der Waals surface area (Å²) in [5, 5.41) is 0. The molecule has 0 radical (unpaired) electrons. The van der Waals surface area contributed by atoms with Gasteiger partial charge in [0.1, 0.15) is 11.5 Å². The molecule has 0 unspecified atom stereocenters. The number of ketones is 1. The Balaban J connectivity index is 1.75. The van der Waals surface area contributed by atoms with E-state index in [1.807, 2.05) is 6.08 Å². The Hall–Kier alpha value is -2.69. The molecule has 2 aromatic rings. The molecular weight excluding hydrogens is 283 g/mol. The van der Waals surface area contributed by atoms with Crippen molar-refractivity contribution in [3.05, 3.63) is 65.2 Å². The minimum absolute atomic E-state index is 0.0955. The van der Waals surface area contributed by atoms with Gasteiger partial charge in [-0.05, 0) is 24.6 Å². The van der Waals surface area contributed by atoms with Gasteiger partial charge in [-0.25, -0.2) is 4.39 Å². The van der Waals surface area contributed by atoms with Crippen LogP contribution in [0.4, 0.5) is 4.39 Å². The monoisotopic (exact) mass is 298 g/mol. The minimum Gasteiger partial charge on any atom is -0.356 e. The van der Waals surface area contributed by atoms with Gasteiger partial charge in [0, 0.05) is 30.4 Å². The first kappa shape index (κ1) is 14.3. The summed E-state index contributed by atoms with van der Waals surface area (Å²) < 4.78 is 13.8. The van der Waals surface area contributed by atoms with Gasteiger partial charge >= 0.3 is 0 Å². The Morgan fingerprint density at radius 3 is 2.73 bits per heavy atom. The summed E-state index contributed by atoms with van der Waals surface area (Å²) in [5.41, 5.74) is 2.16. The molecule has 0 bridgehead atoms. The number of halogens is 1. The first-order valence-electron chi connectivity index (χ1n) is 6.99. The Morgan fingerprint density at radius 2 is 2.05 bits per heavy atom. The fourth-order valence-corrected chi connectivity index (χ4v) is 2.52. The molecule has 1 N–H and O–H groups in total. The van der Waals surface area contributed by atoms with Gasteiger partial charge in [-0.15, -0.1) is 0 Å². The zero-order valence-electron chi connectivity index (χ0n) is 12.1. The average molecular weight is 298 g/mol. The summed E-state index contributed by atoms with van der Waals surface area (Å²) in [4.78, 5) is 28.1. The molecule has 22 heavy (non-hydrogen) atoms. The predicted octanol–water partition coefficient (Wildman–Crippen LogP) is 2.90. The molecule has 4 nitrogen and oxygen atoms in total. The summed E-state index contributed by atoms with van der Waals surface area (Å²) in [6, 6.07) is 8.07. The van der Waals surface area contributed by atoms with E-state index >= 15 is 0 Å². The fourth-order valence-electron chi connectivity index (χ4n) is 2.52. The van der Waals surface area contributed by atoms with Gasteiger partial charge in [0.2, 0.25) is 0 Å². The van der Waals surface area contributed by atoms with Crippen LogP contribution in [0.5, 0.6) is 0 Å². The number of carbonyl (C=O) groups excluding carboxylic acids is 2. The van der Waals surface area contributed by atoms with E-state index in [1.165, 1.54) is 19.2 Å². The molecule has 1 aliphatic heterocycles. The highest BCUT2D eigenvalue weighted by Gasteiger charge is 2.24. The van der Waals surface area contributed by atoms with E-state index in [0.29, 0.717) is 29.9 Å². The van der Waals surface area contributed by atoms with Gasteiger partial charge in [0.05, 0.1) is 0 Å². The van der Waals surface area contributed by atoms with Gasteiger partial charge in [-0.1, -0.05) is 24.3 Å². The number of hydrogen-bond donors (Lipinski definition) is 1. The van der Waals surface area contributed by atoms with Crippen LogP contribution in [0, 0.1) is 5.82 Å². The Bertz CT molecular complexity index is 776. The topological polar surface area (TPSA) is 53.2 Å². The summed E-state index contributed by atoms with van der Waals surface area (Å²) in [7, 11) is 0. The number of amides is 1. The molecule has 0 atom stereocenters. The van der Waals surface area contributed by atoms with Crippen molar-refractivity contribution in [2.75, 3.05) is 13.1 Å². The molecule has 1 amide bonds. The van der Waals surface area contributed by atoms with Crippen LogP contribution in [0.3, 0.4) is 0 Å². The lowest BCUT2D eigenvalue weighted by Gasteiger charge is -2.15. The fraction of sp³-hybridized carbons (Fsp3) is 0.176. The normalized spacial score (nSPS) is 14.1. The van der Waals surface area contributed by atoms with Crippen LogP contribution >= 0.6 is 0 Å². The Labute approximate surface area is 127 Å². The molecule has 0 saturated heterocycles. The molecule has 0 fully saturated rings. The lowest BCUT2D eigenvalue weighted by molar-refractivity contribution is 0.0796. The van der Waals surface area contributed by atoms with Gasteiger partial charge in [0.15, 0.2) is 5.78 Å². The number of nitrogens with one attached hydrogen (secondary N) is 1. The van der Waals surface area contributed by atoms with E-state index in [9.17, 15) is 14.0 Å². The quantitative estimate of drug-likeness (QED) is 0.886. The lowest BCUT2D eigenvalue weighted by atomic mass is 10.1. The highest BCUT2D eigenvalue weighted by molar-refractivity contribution is 5.99. The first-order chi connectivity index (χ1) is 10.6. The van der Waals surface area contributed by atoms with Crippen molar-refractivity contribution in [3.63, 3.8) is 0 Å². The SMILES string of the molecule is CC(=O)c1c[nH]c(C(=O)N2CC=C(c3ccccc3F)C2)c1. The number of carbonyl (C=O) groups is 2. The van der Waals surface area contributed by atoms with Crippen molar-refractivity contribution in [2.45, 2.75) is 6.92 Å². The van der Waals surface area contributed by atoms with E-state index in [-0.39, 0.29) is 17.5 Å². The maximum absolute atomic E-state index is 13.8. The third-order valence-corrected chi connectivity index (χ3v) is 3.75. The van der Waals surface area contributed by atoms with E-state index in [0.717, 1.165) is 5.57 Å². The van der Waals surface area contributed by atoms with Crippen molar-refractivity contribution in [1.29, 1.82) is 0 Å². The van der Waals surface area contributed by atoms with E-state index in [1.54, 1.807) is 29.2 Å². The molecule has 5 heteroatoms. The zero-order valence-corrected chi connectivity index (χ0v) is 12.1. The van der Waals surface area contributed by atoms with Crippen molar-refractivity contribution < 1.29 is 14.0 Å². The maximum atomic E-state index is 13.8. The van der Waals surface area contributed by atoms with Crippen molar-refractivity contribution >= 4 is 17.3 Å². The third-order valence-electron chi connectivity index (χ3n) is 3.75. The predicted molar refractivity (Wildman–Crippen MR) is 81.1 cm³/mol. The number of aromatic amines is 1. The maximum Gasteiger partial charge on any atom is 0.270 e. The number of H-pyrrole nitrogens is 1. The number of benzene rings is 1. The van der Waals surface area contributed by atoms with Crippen LogP contribution in [0.15, 0.2) is 42.6 Å². The van der Waals surface area contributed by atoms with E-state index in [2.05, 4.69) is 4.98 Å². The summed E-state index contributed by atoms with van der Waals surface area (Å²) in [6.45, 7) is 2.23. The molecule has 1 aromatic carbocycles. The zero-order chi connectivity index (χ0) is 15.7. The molecule has 0 spiro atoms. The molecule has 1 aliphatic rings. The largest absolute Gasteiger partial charge is 0.356 e. The second-order valence-electron chi connectivity index (χ2n) is 5.25. The van der Waals surface area contributed by atoms with Crippen LogP contribution in [0.25, 0.3) is 5.57 Å². The van der Waals surface area contributed by atoms with Gasteiger partial charge in [0.25, 0.3) is 5.91 Å². The summed E-state index contributed by atoms with van der Waals surface area (Å²) in [6.07, 6.45) is 3.38.